The molecule has 0 bridgehead atoms. The lowest BCUT2D eigenvalue weighted by molar-refractivity contribution is -0.146. The summed E-state index contributed by atoms with van der Waals surface area (Å²) in [6, 6.07) is 29.4. The number of hydrogen-bond donors (Lipinski definition) is 1. The molecule has 282 valence electrons. The van der Waals surface area contributed by atoms with Gasteiger partial charge in [-0.3, -0.25) is 14.3 Å². The van der Waals surface area contributed by atoms with Crippen molar-refractivity contribution in [3.8, 4) is 11.4 Å². The first-order valence-electron chi connectivity index (χ1n) is 18.6. The number of rotatable bonds is 11. The Morgan fingerprint density at radius 2 is 1.76 bits per heavy atom. The van der Waals surface area contributed by atoms with Crippen molar-refractivity contribution < 1.29 is 19.4 Å². The first kappa shape index (κ1) is 37.0. The molecule has 2 aliphatic rings. The molecule has 1 spiro atoms. The number of anilines is 1. The molecule has 55 heavy (non-hydrogen) atoms. The van der Waals surface area contributed by atoms with E-state index in [2.05, 4.69) is 63.5 Å². The number of benzene rings is 4. The van der Waals surface area contributed by atoms with Gasteiger partial charge in [-0.1, -0.05) is 88.8 Å². The van der Waals surface area contributed by atoms with Crippen LogP contribution in [0.3, 0.4) is 0 Å². The molecule has 0 aliphatic carbocycles. The van der Waals surface area contributed by atoms with Crippen LogP contribution in [0.2, 0.25) is 18.6 Å². The molecular weight excluding hydrogens is 776 g/mol. The number of halogens is 1. The van der Waals surface area contributed by atoms with Crippen LogP contribution in [-0.2, 0) is 34.6 Å². The number of amides is 1. The molecule has 1 amide bonds. The van der Waals surface area contributed by atoms with Crippen molar-refractivity contribution in [1.82, 2.24) is 24.8 Å². The maximum atomic E-state index is 15.2. The highest BCUT2D eigenvalue weighted by Crippen LogP contribution is 2.60. The monoisotopic (exact) mass is 818 g/mol. The van der Waals surface area contributed by atoms with E-state index in [4.69, 9.17) is 9.47 Å². The van der Waals surface area contributed by atoms with Gasteiger partial charge >= 0.3 is 0 Å². The molecule has 11 nitrogen and oxygen atoms in total. The Morgan fingerprint density at radius 1 is 1.00 bits per heavy atom. The Labute approximate surface area is 328 Å². The molecule has 2 aromatic heterocycles. The standard InChI is InChI=1S/C42H43BrN6O5Si/c1-27-39(55(3,4)34-16-14-33(53-2)15-17-34)38(19-21-47-26-31(20-22-50)45-46-47)54-42(27)36-23-30(43)11-18-37(36)48(41(42)52)25-28-9-12-32(13-10-28)49-40(51)35-8-6-5-7-29(35)24-44-49/h5-18,23-24,26-27,38-39,50H,19-22,25H2,1-4H3/t27-,38+,39-,42+/m0/s1. The van der Waals surface area contributed by atoms with Gasteiger partial charge in [-0.2, -0.15) is 9.78 Å². The molecule has 1 saturated heterocycles. The summed E-state index contributed by atoms with van der Waals surface area (Å²) in [5.41, 5.74) is 2.64. The van der Waals surface area contributed by atoms with E-state index in [0.29, 0.717) is 37.0 Å². The smallest absolute Gasteiger partial charge is 0.279 e. The molecule has 2 aliphatic heterocycles. The number of nitrogens with zero attached hydrogens (tertiary/aromatic N) is 6. The van der Waals surface area contributed by atoms with Gasteiger partial charge in [0.1, 0.15) is 5.75 Å². The maximum Gasteiger partial charge on any atom is 0.279 e. The third-order valence-corrected chi connectivity index (χ3v) is 16.5. The molecule has 13 heteroatoms. The van der Waals surface area contributed by atoms with Gasteiger partial charge in [0, 0.05) is 47.1 Å². The summed E-state index contributed by atoms with van der Waals surface area (Å²) in [6.45, 7) is 7.82. The summed E-state index contributed by atoms with van der Waals surface area (Å²) < 4.78 is 16.9. The molecule has 4 aromatic carbocycles. The number of aromatic nitrogens is 5. The maximum absolute atomic E-state index is 15.2. The minimum absolute atomic E-state index is 0.00754. The van der Waals surface area contributed by atoms with Crippen molar-refractivity contribution in [2.75, 3.05) is 18.6 Å². The minimum Gasteiger partial charge on any atom is -0.497 e. The average molecular weight is 820 g/mol. The van der Waals surface area contributed by atoms with Crippen LogP contribution in [0.15, 0.2) is 113 Å². The van der Waals surface area contributed by atoms with E-state index < -0.39 is 13.7 Å². The van der Waals surface area contributed by atoms with E-state index in [1.807, 2.05) is 88.6 Å². The molecule has 0 radical (unpaired) electrons. The van der Waals surface area contributed by atoms with Gasteiger partial charge in [0.25, 0.3) is 11.5 Å². The summed E-state index contributed by atoms with van der Waals surface area (Å²) in [5.74, 6) is 0.555. The molecule has 6 aromatic rings. The fourth-order valence-electron chi connectivity index (χ4n) is 8.85. The van der Waals surface area contributed by atoms with Crippen LogP contribution >= 0.6 is 15.9 Å². The first-order valence-corrected chi connectivity index (χ1v) is 22.4. The number of hydrogen-bond acceptors (Lipinski definition) is 8. The summed E-state index contributed by atoms with van der Waals surface area (Å²) in [5, 5.41) is 25.1. The normalized spacial score (nSPS) is 20.8. The van der Waals surface area contributed by atoms with Crippen molar-refractivity contribution in [3.05, 3.63) is 135 Å². The third kappa shape index (κ3) is 6.42. The number of methoxy groups -OCH3 is 1. The van der Waals surface area contributed by atoms with Crippen molar-refractivity contribution in [1.29, 1.82) is 0 Å². The number of aliphatic hydroxyl groups is 1. The van der Waals surface area contributed by atoms with Gasteiger partial charge in [-0.15, -0.1) is 5.10 Å². The molecule has 4 heterocycles. The predicted octanol–water partition coefficient (Wildman–Crippen LogP) is 6.14. The molecule has 1 N–H and O–H groups in total. The number of ether oxygens (including phenoxy) is 2. The van der Waals surface area contributed by atoms with Crippen LogP contribution in [-0.4, -0.2) is 63.7 Å². The van der Waals surface area contributed by atoms with E-state index in [1.165, 1.54) is 9.87 Å². The second kappa shape index (κ2) is 14.6. The Hall–Kier alpha value is -4.95. The largest absolute Gasteiger partial charge is 0.497 e. The van der Waals surface area contributed by atoms with Crippen molar-refractivity contribution >= 4 is 51.6 Å². The molecule has 8 rings (SSSR count). The summed E-state index contributed by atoms with van der Waals surface area (Å²) in [7, 11) is -0.672. The number of aliphatic hydroxyl groups excluding tert-OH is 1. The van der Waals surface area contributed by atoms with Crippen molar-refractivity contribution in [2.45, 2.75) is 63.2 Å². The van der Waals surface area contributed by atoms with Crippen molar-refractivity contribution in [3.63, 3.8) is 0 Å². The zero-order valence-corrected chi connectivity index (χ0v) is 33.8. The number of carbonyl (C=O) groups excluding carboxylic acids is 1. The molecule has 1 fully saturated rings. The molecular formula is C42H43BrN6O5Si. The van der Waals surface area contributed by atoms with Gasteiger partial charge in [-0.25, -0.2) is 0 Å². The van der Waals surface area contributed by atoms with Crippen LogP contribution in [0.5, 0.6) is 5.75 Å². The zero-order chi connectivity index (χ0) is 38.5. The van der Waals surface area contributed by atoms with Gasteiger partial charge in [0.2, 0.25) is 0 Å². The Kier molecular flexibility index (Phi) is 9.82. The Morgan fingerprint density at radius 3 is 2.51 bits per heavy atom. The third-order valence-electron chi connectivity index (χ3n) is 11.6. The van der Waals surface area contributed by atoms with E-state index in [0.717, 1.165) is 38.1 Å². The van der Waals surface area contributed by atoms with Crippen molar-refractivity contribution in [2.24, 2.45) is 5.92 Å². The fourth-order valence-corrected chi connectivity index (χ4v) is 13.3. The van der Waals surface area contributed by atoms with E-state index in [1.54, 1.807) is 19.4 Å². The second-order valence-electron chi connectivity index (χ2n) is 15.1. The van der Waals surface area contributed by atoms with Gasteiger partial charge in [0.15, 0.2) is 5.60 Å². The zero-order valence-electron chi connectivity index (χ0n) is 31.2. The van der Waals surface area contributed by atoms with Gasteiger partial charge < -0.3 is 19.5 Å². The van der Waals surface area contributed by atoms with Crippen LogP contribution in [0, 0.1) is 5.92 Å². The highest BCUT2D eigenvalue weighted by atomic mass is 79.9. The molecule has 0 unspecified atom stereocenters. The van der Waals surface area contributed by atoms with Crippen LogP contribution in [0.4, 0.5) is 5.69 Å². The van der Waals surface area contributed by atoms with Crippen LogP contribution < -0.4 is 20.4 Å². The summed E-state index contributed by atoms with van der Waals surface area (Å²) >= 11 is 3.71. The minimum atomic E-state index is -2.34. The predicted molar refractivity (Wildman–Crippen MR) is 218 cm³/mol. The summed E-state index contributed by atoms with van der Waals surface area (Å²) in [4.78, 5) is 30.4. The molecule has 0 saturated carbocycles. The summed E-state index contributed by atoms with van der Waals surface area (Å²) in [6.07, 6.45) is 4.39. The van der Waals surface area contributed by atoms with E-state index in [-0.39, 0.29) is 35.6 Å². The highest BCUT2D eigenvalue weighted by Gasteiger charge is 2.66. The van der Waals surface area contributed by atoms with Crippen LogP contribution in [0.25, 0.3) is 16.5 Å². The van der Waals surface area contributed by atoms with Gasteiger partial charge in [0.05, 0.1) is 56.5 Å². The Balaban J connectivity index is 1.14. The number of carbonyl (C=O) groups is 1. The second-order valence-corrected chi connectivity index (χ2v) is 20.7. The van der Waals surface area contributed by atoms with E-state index >= 15 is 4.79 Å². The fraction of sp³-hybridized carbons (Fsp3) is 0.310. The van der Waals surface area contributed by atoms with Gasteiger partial charge in [-0.05, 0) is 66.1 Å². The topological polar surface area (TPSA) is 125 Å². The lowest BCUT2D eigenvalue weighted by Gasteiger charge is -2.37. The first-order chi connectivity index (χ1) is 26.5. The number of aryl methyl sites for hydroxylation is 1. The van der Waals surface area contributed by atoms with Crippen LogP contribution in [0.1, 0.15) is 30.2 Å². The highest BCUT2D eigenvalue weighted by molar-refractivity contribution is 9.10. The number of fused-ring (bicyclic) bond motifs is 3. The van der Waals surface area contributed by atoms with E-state index in [9.17, 15) is 9.90 Å². The average Bonchev–Trinajstić information content (AvgIpc) is 3.84. The SMILES string of the molecule is COc1ccc([Si](C)(C)[C@@H]2[C@@H](CCn3cc(CCO)nn3)O[C@]3(C(=O)N(Cc4ccc(-n5ncc6ccccc6c5=O)cc4)c4ccc(Br)cc43)[C@H]2C)cc1. The Bertz CT molecular complexity index is 2430. The quantitative estimate of drug-likeness (QED) is 0.155. The lowest BCUT2D eigenvalue weighted by atomic mass is 9.82. The lowest BCUT2D eigenvalue weighted by Crippen LogP contribution is -2.51. The molecule has 4 atom stereocenters.